The number of methoxy groups -OCH3 is 2. The summed E-state index contributed by atoms with van der Waals surface area (Å²) in [4.78, 5) is 3.36. The van der Waals surface area contributed by atoms with Gasteiger partial charge in [0, 0.05) is 23.6 Å². The number of fused-ring (bicyclic) bond motifs is 1. The Morgan fingerprint density at radius 3 is 2.48 bits per heavy atom. The Kier molecular flexibility index (Phi) is 5.43. The van der Waals surface area contributed by atoms with E-state index in [1.807, 2.05) is 38.2 Å². The molecular formula is C20H24N2O4S. The molecule has 2 N–H and O–H groups in total. The molecular weight excluding hydrogens is 364 g/mol. The van der Waals surface area contributed by atoms with Crippen molar-refractivity contribution in [2.24, 2.45) is 0 Å². The molecule has 0 aliphatic heterocycles. The Balaban J connectivity index is 1.78. The van der Waals surface area contributed by atoms with Crippen LogP contribution >= 0.6 is 0 Å². The fourth-order valence-corrected chi connectivity index (χ4v) is 4.29. The molecule has 27 heavy (non-hydrogen) atoms. The van der Waals surface area contributed by atoms with Gasteiger partial charge in [-0.3, -0.25) is 0 Å². The van der Waals surface area contributed by atoms with Crippen LogP contribution in [0, 0.1) is 13.8 Å². The number of H-pyrrole nitrogens is 1. The summed E-state index contributed by atoms with van der Waals surface area (Å²) in [6.07, 6.45) is 2.45. The maximum atomic E-state index is 12.7. The highest BCUT2D eigenvalue weighted by Crippen LogP contribution is 2.27. The van der Waals surface area contributed by atoms with Crippen molar-refractivity contribution in [2.45, 2.75) is 25.2 Å². The van der Waals surface area contributed by atoms with Crippen molar-refractivity contribution >= 4 is 20.9 Å². The number of rotatable bonds is 7. The third kappa shape index (κ3) is 3.94. The molecule has 7 heteroatoms. The summed E-state index contributed by atoms with van der Waals surface area (Å²) in [5, 5.41) is 1.03. The third-order valence-corrected chi connectivity index (χ3v) is 6.21. The van der Waals surface area contributed by atoms with E-state index in [1.165, 1.54) is 7.11 Å². The lowest BCUT2D eigenvalue weighted by atomic mass is 10.1. The van der Waals surface area contributed by atoms with Crippen molar-refractivity contribution in [3.63, 3.8) is 0 Å². The Morgan fingerprint density at radius 1 is 1.04 bits per heavy atom. The van der Waals surface area contributed by atoms with E-state index >= 15 is 0 Å². The van der Waals surface area contributed by atoms with Gasteiger partial charge in [0.1, 0.15) is 16.4 Å². The SMILES string of the molecule is COc1ccc2[nH]cc(CCNS(=O)(=O)c3cc(C)c(C)cc3OC)c2c1. The Labute approximate surface area is 159 Å². The lowest BCUT2D eigenvalue weighted by Crippen LogP contribution is -2.26. The quantitative estimate of drug-likeness (QED) is 0.651. The van der Waals surface area contributed by atoms with E-state index in [9.17, 15) is 8.42 Å². The Morgan fingerprint density at radius 2 is 1.78 bits per heavy atom. The number of aromatic amines is 1. The Bertz CT molecular complexity index is 1070. The number of benzene rings is 2. The van der Waals surface area contributed by atoms with Crippen molar-refractivity contribution in [3.8, 4) is 11.5 Å². The van der Waals surface area contributed by atoms with E-state index in [2.05, 4.69) is 9.71 Å². The molecule has 0 unspecified atom stereocenters. The molecule has 0 radical (unpaired) electrons. The van der Waals surface area contributed by atoms with Crippen LogP contribution in [0.1, 0.15) is 16.7 Å². The van der Waals surface area contributed by atoms with Crippen molar-refractivity contribution in [1.29, 1.82) is 0 Å². The number of aryl methyl sites for hydroxylation is 2. The fourth-order valence-electron chi connectivity index (χ4n) is 3.02. The van der Waals surface area contributed by atoms with E-state index in [0.29, 0.717) is 12.2 Å². The first-order valence-corrected chi connectivity index (χ1v) is 10.1. The predicted octanol–water partition coefficient (Wildman–Crippen LogP) is 3.32. The molecule has 1 heterocycles. The minimum atomic E-state index is -3.67. The molecule has 3 rings (SSSR count). The topological polar surface area (TPSA) is 80.4 Å². The van der Waals surface area contributed by atoms with Gasteiger partial charge in [-0.2, -0.15) is 0 Å². The highest BCUT2D eigenvalue weighted by Gasteiger charge is 2.20. The average Bonchev–Trinajstić information content (AvgIpc) is 3.05. The van der Waals surface area contributed by atoms with E-state index < -0.39 is 10.0 Å². The zero-order valence-corrected chi connectivity index (χ0v) is 16.7. The minimum absolute atomic E-state index is 0.161. The summed E-state index contributed by atoms with van der Waals surface area (Å²) >= 11 is 0. The third-order valence-electron chi connectivity index (χ3n) is 4.73. The van der Waals surface area contributed by atoms with Crippen molar-refractivity contribution < 1.29 is 17.9 Å². The molecule has 0 atom stereocenters. The number of ether oxygens (including phenoxy) is 2. The highest BCUT2D eigenvalue weighted by atomic mass is 32.2. The van der Waals surface area contributed by atoms with Gasteiger partial charge in [-0.25, -0.2) is 13.1 Å². The normalized spacial score (nSPS) is 11.7. The zero-order chi connectivity index (χ0) is 19.6. The van der Waals surface area contributed by atoms with Crippen molar-refractivity contribution in [1.82, 2.24) is 9.71 Å². The maximum Gasteiger partial charge on any atom is 0.244 e. The molecule has 0 amide bonds. The van der Waals surface area contributed by atoms with Gasteiger partial charge in [-0.15, -0.1) is 0 Å². The van der Waals surface area contributed by atoms with Gasteiger partial charge in [-0.1, -0.05) is 0 Å². The summed E-state index contributed by atoms with van der Waals surface area (Å²) in [5.74, 6) is 1.12. The molecule has 0 saturated heterocycles. The first kappa shape index (κ1) is 19.3. The van der Waals surface area contributed by atoms with E-state index in [0.717, 1.165) is 33.3 Å². The molecule has 0 bridgehead atoms. The monoisotopic (exact) mass is 388 g/mol. The van der Waals surface area contributed by atoms with Crippen LogP contribution in [0.3, 0.4) is 0 Å². The van der Waals surface area contributed by atoms with Crippen LogP contribution in [0.5, 0.6) is 11.5 Å². The van der Waals surface area contributed by atoms with Gasteiger partial charge in [0.15, 0.2) is 0 Å². The number of hydrogen-bond donors (Lipinski definition) is 2. The van der Waals surface area contributed by atoms with Crippen LogP contribution in [0.15, 0.2) is 41.4 Å². The number of sulfonamides is 1. The lowest BCUT2D eigenvalue weighted by molar-refractivity contribution is 0.402. The summed E-state index contributed by atoms with van der Waals surface area (Å²) in [6.45, 7) is 4.09. The van der Waals surface area contributed by atoms with Crippen LogP contribution in [0.4, 0.5) is 0 Å². The largest absolute Gasteiger partial charge is 0.497 e. The van der Waals surface area contributed by atoms with E-state index in [1.54, 1.807) is 19.2 Å². The lowest BCUT2D eigenvalue weighted by Gasteiger charge is -2.13. The van der Waals surface area contributed by atoms with Gasteiger partial charge in [0.2, 0.25) is 10.0 Å². The number of aromatic nitrogens is 1. The Hall–Kier alpha value is -2.51. The summed E-state index contributed by atoms with van der Waals surface area (Å²) in [7, 11) is -0.573. The van der Waals surface area contributed by atoms with Crippen LogP contribution in [0.25, 0.3) is 10.9 Å². The molecule has 0 fully saturated rings. The van der Waals surface area contributed by atoms with Crippen LogP contribution < -0.4 is 14.2 Å². The highest BCUT2D eigenvalue weighted by molar-refractivity contribution is 7.89. The molecule has 0 spiro atoms. The maximum absolute atomic E-state index is 12.7. The van der Waals surface area contributed by atoms with Crippen molar-refractivity contribution in [2.75, 3.05) is 20.8 Å². The average molecular weight is 388 g/mol. The second kappa shape index (κ2) is 7.62. The second-order valence-electron chi connectivity index (χ2n) is 6.46. The fraction of sp³-hybridized carbons (Fsp3) is 0.300. The molecule has 0 aliphatic carbocycles. The summed E-state index contributed by atoms with van der Waals surface area (Å²) in [6, 6.07) is 9.17. The molecule has 2 aromatic carbocycles. The molecule has 0 aliphatic rings. The van der Waals surface area contributed by atoms with Gasteiger partial charge >= 0.3 is 0 Å². The van der Waals surface area contributed by atoms with Gasteiger partial charge in [-0.05, 0) is 67.3 Å². The van der Waals surface area contributed by atoms with Gasteiger partial charge < -0.3 is 14.5 Å². The van der Waals surface area contributed by atoms with Crippen LogP contribution in [-0.4, -0.2) is 34.2 Å². The number of nitrogens with one attached hydrogen (secondary N) is 2. The molecule has 3 aromatic rings. The van der Waals surface area contributed by atoms with Crippen LogP contribution in [0.2, 0.25) is 0 Å². The van der Waals surface area contributed by atoms with Crippen molar-refractivity contribution in [3.05, 3.63) is 53.2 Å². The van der Waals surface area contributed by atoms with E-state index in [4.69, 9.17) is 9.47 Å². The van der Waals surface area contributed by atoms with E-state index in [-0.39, 0.29) is 11.4 Å². The second-order valence-corrected chi connectivity index (χ2v) is 8.20. The molecule has 1 aromatic heterocycles. The summed E-state index contributed by atoms with van der Waals surface area (Å²) < 4.78 is 38.7. The first-order chi connectivity index (χ1) is 12.9. The molecule has 6 nitrogen and oxygen atoms in total. The molecule has 0 saturated carbocycles. The summed E-state index contributed by atoms with van der Waals surface area (Å²) in [5.41, 5.74) is 3.90. The zero-order valence-electron chi connectivity index (χ0n) is 15.9. The number of hydrogen-bond acceptors (Lipinski definition) is 4. The van der Waals surface area contributed by atoms with Gasteiger partial charge in [0.25, 0.3) is 0 Å². The molecule has 144 valence electrons. The smallest absolute Gasteiger partial charge is 0.244 e. The van der Waals surface area contributed by atoms with Gasteiger partial charge in [0.05, 0.1) is 14.2 Å². The minimum Gasteiger partial charge on any atom is -0.497 e. The van der Waals surface area contributed by atoms with Crippen LogP contribution in [-0.2, 0) is 16.4 Å². The first-order valence-electron chi connectivity index (χ1n) is 8.64. The predicted molar refractivity (Wildman–Crippen MR) is 106 cm³/mol. The standard InChI is InChI=1S/C20H24N2O4S/c1-13-9-19(26-4)20(10-14(13)2)27(23,24)22-8-7-15-12-21-18-6-5-16(25-3)11-17(15)18/h5-6,9-12,21-22H,7-8H2,1-4H3.